The molecule has 0 radical (unpaired) electrons. The quantitative estimate of drug-likeness (QED) is 0.470. The van der Waals surface area contributed by atoms with Crippen LogP contribution in [-0.4, -0.2) is 22.9 Å². The summed E-state index contributed by atoms with van der Waals surface area (Å²) in [5.41, 5.74) is 0.313. The van der Waals surface area contributed by atoms with Crippen LogP contribution in [0.25, 0.3) is 0 Å². The van der Waals surface area contributed by atoms with Gasteiger partial charge in [-0.25, -0.2) is 13.4 Å². The minimum absolute atomic E-state index is 0.0493. The first-order chi connectivity index (χ1) is 9.79. The van der Waals surface area contributed by atoms with E-state index >= 15 is 0 Å². The van der Waals surface area contributed by atoms with E-state index in [2.05, 4.69) is 4.98 Å². The summed E-state index contributed by atoms with van der Waals surface area (Å²) in [5.74, 6) is -0.0585. The Morgan fingerprint density at radius 1 is 1.48 bits per heavy atom. The monoisotopic (exact) mass is 331 g/mol. The molecule has 0 saturated carbocycles. The molecule has 0 aliphatic heterocycles. The third kappa shape index (κ3) is 3.50. The van der Waals surface area contributed by atoms with Crippen LogP contribution in [-0.2, 0) is 22.7 Å². The largest absolute Gasteiger partial charge is 0.486 e. The lowest BCUT2D eigenvalue weighted by molar-refractivity contribution is -0.385. The van der Waals surface area contributed by atoms with Gasteiger partial charge in [0, 0.05) is 29.9 Å². The lowest BCUT2D eigenvalue weighted by atomic mass is 10.3. The molecule has 10 heteroatoms. The normalized spacial score (nSPS) is 11.3. The molecule has 0 unspecified atom stereocenters. The molecule has 0 saturated heterocycles. The number of ether oxygens (including phenoxy) is 1. The van der Waals surface area contributed by atoms with E-state index in [0.29, 0.717) is 5.69 Å². The fraction of sp³-hybridized carbons (Fsp3) is 0.182. The third-order valence-electron chi connectivity index (χ3n) is 2.69. The van der Waals surface area contributed by atoms with Crippen LogP contribution in [0, 0.1) is 10.1 Å². The van der Waals surface area contributed by atoms with Crippen molar-refractivity contribution in [3.8, 4) is 5.75 Å². The Hall–Kier alpha value is -2.13. The van der Waals surface area contributed by atoms with Gasteiger partial charge in [0.2, 0.25) is 0 Å². The summed E-state index contributed by atoms with van der Waals surface area (Å²) in [7, 11) is 2.86. The summed E-state index contributed by atoms with van der Waals surface area (Å²) in [4.78, 5) is 13.4. The molecule has 2 aromatic rings. The van der Waals surface area contributed by atoms with Crippen LogP contribution in [0.15, 0.2) is 35.6 Å². The Balaban J connectivity index is 2.35. The summed E-state index contributed by atoms with van der Waals surface area (Å²) in [6, 6.07) is 3.20. The third-order valence-corrected chi connectivity index (χ3v) is 4.04. The van der Waals surface area contributed by atoms with E-state index in [1.165, 1.54) is 6.07 Å². The fourth-order valence-corrected chi connectivity index (χ4v) is 2.59. The Labute approximate surface area is 124 Å². The molecule has 0 amide bonds. The summed E-state index contributed by atoms with van der Waals surface area (Å²) < 4.78 is 30.1. The van der Waals surface area contributed by atoms with Gasteiger partial charge in [-0.2, -0.15) is 0 Å². The van der Waals surface area contributed by atoms with Crippen LogP contribution in [0.3, 0.4) is 0 Å². The lowest BCUT2D eigenvalue weighted by Crippen LogP contribution is -2.04. The molecule has 8 nitrogen and oxygen atoms in total. The molecule has 0 aliphatic rings. The van der Waals surface area contributed by atoms with Crippen LogP contribution >= 0.6 is 10.7 Å². The van der Waals surface area contributed by atoms with Gasteiger partial charge in [-0.1, -0.05) is 0 Å². The number of nitro groups is 1. The van der Waals surface area contributed by atoms with Gasteiger partial charge in [-0.15, -0.1) is 0 Å². The molecule has 2 rings (SSSR count). The summed E-state index contributed by atoms with van der Waals surface area (Å²) in [5, 5.41) is 10.7. The number of halogens is 1. The predicted molar refractivity (Wildman–Crippen MR) is 73.7 cm³/mol. The highest BCUT2D eigenvalue weighted by atomic mass is 35.7. The highest BCUT2D eigenvalue weighted by molar-refractivity contribution is 8.13. The van der Waals surface area contributed by atoms with Gasteiger partial charge in [0.25, 0.3) is 14.7 Å². The molecular formula is C11H10ClN3O5S. The van der Waals surface area contributed by atoms with E-state index in [1.807, 2.05) is 0 Å². The van der Waals surface area contributed by atoms with E-state index in [9.17, 15) is 18.5 Å². The zero-order valence-corrected chi connectivity index (χ0v) is 12.3. The van der Waals surface area contributed by atoms with Gasteiger partial charge in [0.05, 0.1) is 23.1 Å². The van der Waals surface area contributed by atoms with Gasteiger partial charge in [-0.3, -0.25) is 10.1 Å². The molecule has 0 atom stereocenters. The Bertz CT molecular complexity index is 787. The average Bonchev–Trinajstić information content (AvgIpc) is 2.80. The van der Waals surface area contributed by atoms with Gasteiger partial charge in [0.15, 0.2) is 0 Å². The number of hydrogen-bond donors (Lipinski definition) is 0. The molecule has 0 spiro atoms. The first kappa shape index (κ1) is 15.3. The van der Waals surface area contributed by atoms with Crippen LogP contribution < -0.4 is 4.74 Å². The second kappa shape index (κ2) is 5.70. The number of aromatic nitrogens is 2. The molecular weight excluding hydrogens is 322 g/mol. The van der Waals surface area contributed by atoms with Gasteiger partial charge < -0.3 is 9.30 Å². The second-order valence-electron chi connectivity index (χ2n) is 4.11. The van der Waals surface area contributed by atoms with E-state index in [-0.39, 0.29) is 18.0 Å². The van der Waals surface area contributed by atoms with E-state index in [1.54, 1.807) is 24.1 Å². The number of nitrogens with zero attached hydrogens (tertiary/aromatic N) is 3. The molecule has 1 aromatic heterocycles. The number of nitro benzene ring substituents is 1. The molecule has 1 aromatic carbocycles. The Kier molecular flexibility index (Phi) is 4.14. The zero-order valence-electron chi connectivity index (χ0n) is 10.8. The maximum absolute atomic E-state index is 11.5. The highest BCUT2D eigenvalue weighted by Crippen LogP contribution is 2.31. The molecule has 112 valence electrons. The minimum atomic E-state index is -4.17. The minimum Gasteiger partial charge on any atom is -0.486 e. The van der Waals surface area contributed by atoms with Gasteiger partial charge in [0.1, 0.15) is 17.3 Å². The Morgan fingerprint density at radius 2 is 2.19 bits per heavy atom. The number of benzene rings is 1. The first-order valence-electron chi connectivity index (χ1n) is 5.60. The molecule has 21 heavy (non-hydrogen) atoms. The zero-order chi connectivity index (χ0) is 15.6. The molecule has 0 aliphatic carbocycles. The number of hydrogen-bond acceptors (Lipinski definition) is 6. The standard InChI is InChI=1S/C11H10ClN3O5S/c1-14-7-13-5-9(14)6-20-10-3-2-8(15(16)17)4-11(10)21(12,18)19/h2-5,7H,6H2,1H3. The molecule has 0 N–H and O–H groups in total. The summed E-state index contributed by atoms with van der Waals surface area (Å²) >= 11 is 0. The van der Waals surface area contributed by atoms with E-state index in [4.69, 9.17) is 15.4 Å². The number of rotatable bonds is 5. The van der Waals surface area contributed by atoms with Crippen molar-refractivity contribution in [1.29, 1.82) is 0 Å². The smallest absolute Gasteiger partial charge is 0.271 e. The lowest BCUT2D eigenvalue weighted by Gasteiger charge is -2.09. The van der Waals surface area contributed by atoms with Crippen molar-refractivity contribution < 1.29 is 18.1 Å². The van der Waals surface area contributed by atoms with Crippen LogP contribution in [0.5, 0.6) is 5.75 Å². The average molecular weight is 332 g/mol. The van der Waals surface area contributed by atoms with Crippen LogP contribution in [0.2, 0.25) is 0 Å². The van der Waals surface area contributed by atoms with Gasteiger partial charge in [-0.05, 0) is 6.07 Å². The molecule has 1 heterocycles. The number of non-ortho nitro benzene ring substituents is 1. The fourth-order valence-electron chi connectivity index (χ4n) is 1.60. The predicted octanol–water partition coefficient (Wildman–Crippen LogP) is 1.83. The topological polar surface area (TPSA) is 104 Å². The van der Waals surface area contributed by atoms with Crippen molar-refractivity contribution >= 4 is 25.4 Å². The maximum atomic E-state index is 11.5. The summed E-state index contributed by atoms with van der Waals surface area (Å²) in [6.45, 7) is 0.0493. The maximum Gasteiger partial charge on any atom is 0.271 e. The van der Waals surface area contributed by atoms with Crippen LogP contribution in [0.4, 0.5) is 5.69 Å². The van der Waals surface area contributed by atoms with Crippen molar-refractivity contribution in [3.05, 3.63) is 46.5 Å². The Morgan fingerprint density at radius 3 is 2.71 bits per heavy atom. The van der Waals surface area contributed by atoms with Crippen molar-refractivity contribution in [2.75, 3.05) is 0 Å². The molecule has 0 bridgehead atoms. The molecule has 0 fully saturated rings. The van der Waals surface area contributed by atoms with E-state index < -0.39 is 18.9 Å². The SMILES string of the molecule is Cn1cncc1COc1ccc([N+](=O)[O-])cc1S(=O)(=O)Cl. The number of imidazole rings is 1. The van der Waals surface area contributed by atoms with E-state index in [0.717, 1.165) is 12.1 Å². The van der Waals surface area contributed by atoms with Crippen LogP contribution in [0.1, 0.15) is 5.69 Å². The summed E-state index contributed by atoms with van der Waals surface area (Å²) in [6.07, 6.45) is 3.12. The van der Waals surface area contributed by atoms with Crippen molar-refractivity contribution in [2.45, 2.75) is 11.5 Å². The highest BCUT2D eigenvalue weighted by Gasteiger charge is 2.21. The first-order valence-corrected chi connectivity index (χ1v) is 7.91. The van der Waals surface area contributed by atoms with Gasteiger partial charge >= 0.3 is 0 Å². The van der Waals surface area contributed by atoms with Crippen molar-refractivity contribution in [3.63, 3.8) is 0 Å². The number of aryl methyl sites for hydroxylation is 1. The second-order valence-corrected chi connectivity index (χ2v) is 6.64. The van der Waals surface area contributed by atoms with Crippen molar-refractivity contribution in [2.24, 2.45) is 7.05 Å². The van der Waals surface area contributed by atoms with Crippen molar-refractivity contribution in [1.82, 2.24) is 9.55 Å².